The molecule has 4 heterocycles. The number of aromatic nitrogens is 4. The van der Waals surface area contributed by atoms with E-state index >= 15 is 0 Å². The third kappa shape index (κ3) is 7.51. The zero-order chi connectivity index (χ0) is 31.6. The number of halogens is 3. The average molecular weight is 618 g/mol. The normalized spacial score (nSPS) is 19.5. The van der Waals surface area contributed by atoms with Gasteiger partial charge in [-0.25, -0.2) is 27.9 Å². The summed E-state index contributed by atoms with van der Waals surface area (Å²) in [6, 6.07) is 1.21. The third-order valence-corrected chi connectivity index (χ3v) is 7.68. The van der Waals surface area contributed by atoms with Gasteiger partial charge in [-0.05, 0) is 51.2 Å². The Hall–Kier alpha value is -4.10. The summed E-state index contributed by atoms with van der Waals surface area (Å²) in [7, 11) is 0. The molecule has 5 rings (SSSR count). The summed E-state index contributed by atoms with van der Waals surface area (Å²) in [6.07, 6.45) is 4.22. The fourth-order valence-electron chi connectivity index (χ4n) is 5.35. The molecule has 2 aromatic heterocycles. The maximum absolute atomic E-state index is 14.8. The number of anilines is 2. The zero-order valence-corrected chi connectivity index (χ0v) is 25.5. The minimum Gasteiger partial charge on any atom is -0.490 e. The Morgan fingerprint density at radius 2 is 1.73 bits per heavy atom. The molecular formula is C30H38F3N7O4. The number of ether oxygens (including phenoxy) is 2. The Labute approximate surface area is 254 Å². The number of carbonyl (C=O) groups excluding carboxylic acids is 1. The minimum atomic E-state index is -1.28. The van der Waals surface area contributed by atoms with Crippen LogP contribution in [0.3, 0.4) is 0 Å². The van der Waals surface area contributed by atoms with Gasteiger partial charge in [0.25, 0.3) is 0 Å². The van der Waals surface area contributed by atoms with Gasteiger partial charge in [0, 0.05) is 44.1 Å². The lowest BCUT2D eigenvalue weighted by atomic mass is 9.93. The van der Waals surface area contributed by atoms with E-state index in [2.05, 4.69) is 30.3 Å². The molecule has 2 aliphatic heterocycles. The molecule has 0 unspecified atom stereocenters. The SMILES string of the molecule is CC(C)c1noc(N2CCC(COc3cnc(N4C[C@H](NC(=O)OC(C)(C)C)[C@@H](c5cc(F)c(F)cc5F)C4)nc3)CC2)n1. The van der Waals surface area contributed by atoms with Crippen LogP contribution in [0.5, 0.6) is 5.75 Å². The fraction of sp³-hybridized carbons (Fsp3) is 0.567. The Morgan fingerprint density at radius 3 is 2.36 bits per heavy atom. The first-order chi connectivity index (χ1) is 20.9. The zero-order valence-electron chi connectivity index (χ0n) is 25.5. The molecule has 0 radical (unpaired) electrons. The number of hydrogen-bond acceptors (Lipinski definition) is 10. The van der Waals surface area contributed by atoms with Gasteiger partial charge in [0.15, 0.2) is 23.2 Å². The molecule has 3 aromatic rings. The molecule has 0 spiro atoms. The molecule has 1 amide bonds. The Morgan fingerprint density at radius 1 is 1.05 bits per heavy atom. The van der Waals surface area contributed by atoms with Crippen molar-refractivity contribution in [1.82, 2.24) is 25.4 Å². The highest BCUT2D eigenvalue weighted by atomic mass is 19.2. The van der Waals surface area contributed by atoms with Crippen LogP contribution < -0.4 is 19.9 Å². The first-order valence-corrected chi connectivity index (χ1v) is 14.8. The Bertz CT molecular complexity index is 1440. The van der Waals surface area contributed by atoms with Crippen molar-refractivity contribution in [2.45, 2.75) is 70.9 Å². The van der Waals surface area contributed by atoms with Gasteiger partial charge in [-0.1, -0.05) is 19.0 Å². The molecule has 0 aliphatic carbocycles. The van der Waals surface area contributed by atoms with Crippen molar-refractivity contribution >= 4 is 18.1 Å². The number of amides is 1. The quantitative estimate of drug-likeness (QED) is 0.338. The molecule has 2 saturated heterocycles. The second-order valence-electron chi connectivity index (χ2n) is 12.6. The second kappa shape index (κ2) is 12.9. The van der Waals surface area contributed by atoms with Crippen molar-refractivity contribution in [3.63, 3.8) is 0 Å². The highest BCUT2D eigenvalue weighted by molar-refractivity contribution is 5.68. The van der Waals surface area contributed by atoms with E-state index in [1.165, 1.54) is 0 Å². The summed E-state index contributed by atoms with van der Waals surface area (Å²) in [6.45, 7) is 11.6. The van der Waals surface area contributed by atoms with Crippen LogP contribution in [-0.4, -0.2) is 70.6 Å². The van der Waals surface area contributed by atoms with Crippen LogP contribution in [0.15, 0.2) is 29.0 Å². The van der Waals surface area contributed by atoms with Crippen LogP contribution >= 0.6 is 0 Å². The Kier molecular flexibility index (Phi) is 9.16. The van der Waals surface area contributed by atoms with E-state index in [4.69, 9.17) is 14.0 Å². The van der Waals surface area contributed by atoms with Crippen LogP contribution in [0, 0.1) is 23.4 Å². The summed E-state index contributed by atoms with van der Waals surface area (Å²) in [4.78, 5) is 29.7. The lowest BCUT2D eigenvalue weighted by Crippen LogP contribution is -2.43. The van der Waals surface area contributed by atoms with E-state index in [0.29, 0.717) is 42.1 Å². The van der Waals surface area contributed by atoms with E-state index in [9.17, 15) is 18.0 Å². The topological polar surface area (TPSA) is 119 Å². The largest absolute Gasteiger partial charge is 0.490 e. The number of nitrogens with zero attached hydrogens (tertiary/aromatic N) is 6. The minimum absolute atomic E-state index is 0.0575. The first-order valence-electron chi connectivity index (χ1n) is 14.8. The predicted octanol–water partition coefficient (Wildman–Crippen LogP) is 5.19. The van der Waals surface area contributed by atoms with Crippen molar-refractivity contribution in [1.29, 1.82) is 0 Å². The van der Waals surface area contributed by atoms with E-state index < -0.39 is 41.1 Å². The lowest BCUT2D eigenvalue weighted by Gasteiger charge is -2.30. The van der Waals surface area contributed by atoms with Crippen LogP contribution in [0.2, 0.25) is 0 Å². The highest BCUT2D eigenvalue weighted by Gasteiger charge is 2.39. The van der Waals surface area contributed by atoms with Gasteiger partial charge in [0.1, 0.15) is 11.4 Å². The fourth-order valence-corrected chi connectivity index (χ4v) is 5.35. The maximum atomic E-state index is 14.8. The number of carbonyl (C=O) groups is 1. The summed E-state index contributed by atoms with van der Waals surface area (Å²) in [5.41, 5.74) is -0.815. The van der Waals surface area contributed by atoms with Crippen LogP contribution in [0.1, 0.15) is 70.7 Å². The Balaban J connectivity index is 1.19. The van der Waals surface area contributed by atoms with E-state index in [0.717, 1.165) is 32.0 Å². The molecular weight excluding hydrogens is 579 g/mol. The van der Waals surface area contributed by atoms with Crippen molar-refractivity contribution in [2.75, 3.05) is 42.6 Å². The number of piperidine rings is 1. The summed E-state index contributed by atoms with van der Waals surface area (Å²) in [5, 5.41) is 6.79. The molecule has 0 saturated carbocycles. The van der Waals surface area contributed by atoms with Gasteiger partial charge < -0.3 is 29.1 Å². The van der Waals surface area contributed by atoms with Gasteiger partial charge in [-0.15, -0.1) is 0 Å². The van der Waals surface area contributed by atoms with Gasteiger partial charge in [0.05, 0.1) is 25.0 Å². The lowest BCUT2D eigenvalue weighted by molar-refractivity contribution is 0.0504. The molecule has 44 heavy (non-hydrogen) atoms. The van der Waals surface area contributed by atoms with Crippen molar-refractivity contribution in [2.24, 2.45) is 5.92 Å². The van der Waals surface area contributed by atoms with Crippen LogP contribution in [0.4, 0.5) is 29.9 Å². The maximum Gasteiger partial charge on any atom is 0.407 e. The number of alkyl carbamates (subject to hydrolysis) is 1. The van der Waals surface area contributed by atoms with Crippen molar-refractivity contribution in [3.8, 4) is 5.75 Å². The van der Waals surface area contributed by atoms with E-state index in [1.807, 2.05) is 13.8 Å². The number of nitrogens with one attached hydrogen (secondary N) is 1. The molecule has 0 bridgehead atoms. The number of benzene rings is 1. The molecule has 2 fully saturated rings. The molecule has 2 aliphatic rings. The second-order valence-corrected chi connectivity index (χ2v) is 12.6. The molecule has 11 nitrogen and oxygen atoms in total. The van der Waals surface area contributed by atoms with E-state index in [1.54, 1.807) is 38.1 Å². The summed E-state index contributed by atoms with van der Waals surface area (Å²) < 4.78 is 59.3. The highest BCUT2D eigenvalue weighted by Crippen LogP contribution is 2.33. The average Bonchev–Trinajstić information content (AvgIpc) is 3.62. The molecule has 1 N–H and O–H groups in total. The van der Waals surface area contributed by atoms with Crippen molar-refractivity contribution in [3.05, 3.63) is 53.4 Å². The van der Waals surface area contributed by atoms with Crippen molar-refractivity contribution < 1.29 is 32.0 Å². The number of rotatable bonds is 8. The number of hydrogen-bond donors (Lipinski definition) is 1. The van der Waals surface area contributed by atoms with Gasteiger partial charge in [-0.3, -0.25) is 0 Å². The molecule has 238 valence electrons. The standard InChI is InChI=1S/C30H38F3N7O4/c1-17(2)26-37-28(44-38-26)39-8-6-18(7-9-39)16-42-19-12-34-27(35-13-19)40-14-21(20-10-23(32)24(33)11-22(20)31)25(15-40)36-29(41)43-30(3,4)5/h10-13,17-18,21,25H,6-9,14-16H2,1-5H3,(H,36,41)/t21-,25+/m1/s1. The predicted molar refractivity (Wildman–Crippen MR) is 155 cm³/mol. The van der Waals surface area contributed by atoms with Crippen LogP contribution in [-0.2, 0) is 4.74 Å². The first kappa shape index (κ1) is 31.3. The van der Waals surface area contributed by atoms with Gasteiger partial charge >= 0.3 is 12.1 Å². The molecule has 14 heteroatoms. The smallest absolute Gasteiger partial charge is 0.407 e. The van der Waals surface area contributed by atoms with Gasteiger partial charge in [-0.2, -0.15) is 4.98 Å². The van der Waals surface area contributed by atoms with Crippen LogP contribution in [0.25, 0.3) is 0 Å². The molecule has 1 aromatic carbocycles. The third-order valence-electron chi connectivity index (χ3n) is 7.68. The summed E-state index contributed by atoms with van der Waals surface area (Å²) in [5.74, 6) is -2.01. The molecule has 2 atom stereocenters. The summed E-state index contributed by atoms with van der Waals surface area (Å²) >= 11 is 0. The van der Waals surface area contributed by atoms with E-state index in [-0.39, 0.29) is 24.6 Å². The monoisotopic (exact) mass is 617 g/mol. The van der Waals surface area contributed by atoms with Gasteiger partial charge in [0.2, 0.25) is 5.95 Å².